The highest BCUT2D eigenvalue weighted by Crippen LogP contribution is 2.75. The van der Waals surface area contributed by atoms with E-state index in [1.165, 1.54) is 0 Å². The van der Waals surface area contributed by atoms with E-state index in [9.17, 15) is 39.9 Å². The molecule has 0 bridgehead atoms. The summed E-state index contributed by atoms with van der Waals surface area (Å²) in [6, 6.07) is 0. The van der Waals surface area contributed by atoms with Crippen LogP contribution in [0.4, 0.5) is 0 Å². The maximum absolute atomic E-state index is 14.5. The van der Waals surface area contributed by atoms with E-state index in [0.29, 0.717) is 19.3 Å². The molecule has 0 aromatic carbocycles. The molecule has 0 radical (unpaired) electrons. The predicted molar refractivity (Wildman–Crippen MR) is 166 cm³/mol. The fraction of sp³-hybridized carbons (Fsp3) is 0.861. The van der Waals surface area contributed by atoms with Gasteiger partial charge in [0.25, 0.3) is 0 Å². The molecule has 1 heterocycles. The van der Waals surface area contributed by atoms with E-state index in [1.54, 1.807) is 0 Å². The van der Waals surface area contributed by atoms with Crippen molar-refractivity contribution in [3.8, 4) is 0 Å². The number of hydrogen-bond donors (Lipinski definition) is 5. The van der Waals surface area contributed by atoms with Gasteiger partial charge < -0.3 is 35.0 Å². The lowest BCUT2D eigenvalue weighted by Gasteiger charge is -2.70. The largest absolute Gasteiger partial charge is 0.479 e. The van der Waals surface area contributed by atoms with Crippen molar-refractivity contribution in [2.24, 2.45) is 50.2 Å². The smallest absolute Gasteiger partial charge is 0.335 e. The number of hydrogen-bond acceptors (Lipinski definition) is 9. The number of ether oxygens (including phenoxy) is 2. The van der Waals surface area contributed by atoms with Gasteiger partial charge in [-0.25, -0.2) is 4.79 Å². The van der Waals surface area contributed by atoms with Crippen molar-refractivity contribution in [1.82, 2.24) is 0 Å². The summed E-state index contributed by atoms with van der Waals surface area (Å²) in [5.74, 6) is -2.02. The van der Waals surface area contributed by atoms with Gasteiger partial charge in [0.2, 0.25) is 6.29 Å². The van der Waals surface area contributed by atoms with Crippen LogP contribution in [-0.2, 0) is 23.9 Å². The van der Waals surface area contributed by atoms with Crippen LogP contribution in [0.2, 0.25) is 0 Å². The Balaban J connectivity index is 1.31. The van der Waals surface area contributed by atoms with Crippen molar-refractivity contribution in [3.63, 3.8) is 0 Å². The number of aliphatic hydroxyl groups excluding tert-OH is 4. The zero-order valence-corrected chi connectivity index (χ0v) is 28.4. The van der Waals surface area contributed by atoms with Crippen molar-refractivity contribution in [2.45, 2.75) is 143 Å². The molecule has 10 heteroatoms. The Hall–Kier alpha value is -1.85. The number of rotatable bonds is 3. The number of fused-ring (bicyclic) bond motifs is 7. The minimum atomic E-state index is -1.88. The molecular weight excluding hydrogens is 592 g/mol. The molecule has 5 fully saturated rings. The first-order valence-electron chi connectivity index (χ1n) is 17.2. The first kappa shape index (κ1) is 34.0. The summed E-state index contributed by atoms with van der Waals surface area (Å²) in [7, 11) is 0. The van der Waals surface area contributed by atoms with Crippen LogP contribution >= 0.6 is 0 Å². The lowest BCUT2D eigenvalue weighted by atomic mass is 9.33. The standard InChI is InChI=1S/C36H54O10/c1-31(2)21-8-11-36(7)27(34(21,5)10-9-22(31)38)20(37)16-18-19-17-33(4,13-12-32(19,3)14-15-35(18,36)6)30(44)46-29-25(41)23(39)24(40)26(45-29)28(42)43/h16,19,21-27,29,38-41H,8-15,17H2,1-7H3,(H,42,43)/t19-,21-,22-,23-,24-,25+,26-,27+,29-,32+,33+,34-,35+,36+/m0/s1. The van der Waals surface area contributed by atoms with E-state index in [-0.39, 0.29) is 56.7 Å². The van der Waals surface area contributed by atoms with Crippen LogP contribution in [0.5, 0.6) is 0 Å². The van der Waals surface area contributed by atoms with Crippen LogP contribution < -0.4 is 0 Å². The van der Waals surface area contributed by atoms with Crippen LogP contribution in [0, 0.1) is 50.2 Å². The molecule has 10 nitrogen and oxygen atoms in total. The van der Waals surface area contributed by atoms with Crippen molar-refractivity contribution in [3.05, 3.63) is 11.6 Å². The zero-order chi connectivity index (χ0) is 34.0. The minimum Gasteiger partial charge on any atom is -0.479 e. The molecule has 0 aromatic rings. The molecule has 4 saturated carbocycles. The van der Waals surface area contributed by atoms with Crippen LogP contribution in [0.15, 0.2) is 11.6 Å². The van der Waals surface area contributed by atoms with E-state index >= 15 is 0 Å². The third-order valence-corrected chi connectivity index (χ3v) is 15.1. The van der Waals surface area contributed by atoms with Crippen LogP contribution in [0.25, 0.3) is 0 Å². The van der Waals surface area contributed by atoms with Crippen molar-refractivity contribution in [1.29, 1.82) is 0 Å². The number of carbonyl (C=O) groups excluding carboxylic acids is 2. The zero-order valence-electron chi connectivity index (χ0n) is 28.4. The molecule has 0 amide bonds. The molecule has 5 aliphatic carbocycles. The molecule has 6 rings (SSSR count). The van der Waals surface area contributed by atoms with Gasteiger partial charge in [0, 0.05) is 5.92 Å². The second-order valence-electron chi connectivity index (χ2n) is 17.8. The highest BCUT2D eigenvalue weighted by molar-refractivity contribution is 5.95. The van der Waals surface area contributed by atoms with E-state index in [1.807, 2.05) is 13.0 Å². The number of aliphatic hydroxyl groups is 4. The first-order chi connectivity index (χ1) is 21.2. The minimum absolute atomic E-state index is 0.0641. The number of aliphatic carboxylic acids is 1. The van der Waals surface area contributed by atoms with Crippen LogP contribution in [0.3, 0.4) is 0 Å². The Morgan fingerprint density at radius 2 is 1.50 bits per heavy atom. The maximum atomic E-state index is 14.5. The normalized spacial score (nSPS) is 53.1. The Morgan fingerprint density at radius 1 is 0.848 bits per heavy atom. The monoisotopic (exact) mass is 646 g/mol. The second kappa shape index (κ2) is 10.6. The molecule has 1 aliphatic heterocycles. The third kappa shape index (κ3) is 4.49. The number of esters is 1. The van der Waals surface area contributed by atoms with Crippen molar-refractivity contribution >= 4 is 17.7 Å². The van der Waals surface area contributed by atoms with E-state index in [4.69, 9.17) is 9.47 Å². The fourth-order valence-corrected chi connectivity index (χ4v) is 11.8. The fourth-order valence-electron chi connectivity index (χ4n) is 11.8. The highest BCUT2D eigenvalue weighted by Gasteiger charge is 2.70. The van der Waals surface area contributed by atoms with Gasteiger partial charge in [0.1, 0.15) is 18.3 Å². The molecule has 258 valence electrons. The number of allylic oxidation sites excluding steroid dienone is 2. The van der Waals surface area contributed by atoms with E-state index < -0.39 is 48.1 Å². The lowest BCUT2D eigenvalue weighted by molar-refractivity contribution is -0.289. The van der Waals surface area contributed by atoms with Crippen LogP contribution in [-0.4, -0.2) is 80.1 Å². The number of carboxylic acids is 1. The van der Waals surface area contributed by atoms with Crippen molar-refractivity contribution in [2.75, 3.05) is 0 Å². The summed E-state index contributed by atoms with van der Waals surface area (Å²) in [4.78, 5) is 40.0. The average Bonchev–Trinajstić information content (AvgIpc) is 2.97. The maximum Gasteiger partial charge on any atom is 0.335 e. The Morgan fingerprint density at radius 3 is 2.15 bits per heavy atom. The van der Waals surface area contributed by atoms with E-state index in [0.717, 1.165) is 44.1 Å². The average molecular weight is 647 g/mol. The molecular formula is C36H54O10. The molecule has 6 aliphatic rings. The summed E-state index contributed by atoms with van der Waals surface area (Å²) in [5, 5.41) is 51.2. The molecule has 14 atom stereocenters. The summed E-state index contributed by atoms with van der Waals surface area (Å²) >= 11 is 0. The second-order valence-corrected chi connectivity index (χ2v) is 17.8. The predicted octanol–water partition coefficient (Wildman–Crippen LogP) is 3.76. The summed E-state index contributed by atoms with van der Waals surface area (Å²) < 4.78 is 10.9. The van der Waals surface area contributed by atoms with Gasteiger partial charge in [-0.3, -0.25) is 9.59 Å². The van der Waals surface area contributed by atoms with Gasteiger partial charge in [-0.15, -0.1) is 0 Å². The van der Waals surface area contributed by atoms with E-state index in [2.05, 4.69) is 41.5 Å². The number of ketones is 1. The highest BCUT2D eigenvalue weighted by atomic mass is 16.7. The summed E-state index contributed by atoms with van der Waals surface area (Å²) in [6.07, 6.45) is -0.683. The van der Waals surface area contributed by atoms with Gasteiger partial charge in [-0.2, -0.15) is 0 Å². The third-order valence-electron chi connectivity index (χ3n) is 15.1. The van der Waals surface area contributed by atoms with Gasteiger partial charge in [0.15, 0.2) is 11.9 Å². The van der Waals surface area contributed by atoms with Crippen LogP contribution in [0.1, 0.15) is 106 Å². The van der Waals surface area contributed by atoms with Crippen molar-refractivity contribution < 1.29 is 49.4 Å². The Kier molecular flexibility index (Phi) is 7.82. The lowest BCUT2D eigenvalue weighted by Crippen LogP contribution is -2.66. The van der Waals surface area contributed by atoms with Gasteiger partial charge >= 0.3 is 11.9 Å². The SMILES string of the molecule is CC1(C)[C@@H](O)CC[C@]2(C)[C@H]3C(=O)C=C4[C@@H]5C[C@](C)(C(=O)O[C@@H]6O[C@H](C(=O)O)[C@@H](O)[C@H](O)[C@H]6O)CC[C@]5(C)CC[C@@]4(C)[C@]3(C)CC[C@@H]12. The molecule has 0 spiro atoms. The summed E-state index contributed by atoms with van der Waals surface area (Å²) in [5.41, 5.74) is -1.05. The molecule has 46 heavy (non-hydrogen) atoms. The number of carbonyl (C=O) groups is 3. The number of carboxylic acid groups (broad SMARTS) is 1. The van der Waals surface area contributed by atoms with Gasteiger partial charge in [0.05, 0.1) is 11.5 Å². The van der Waals surface area contributed by atoms with Gasteiger partial charge in [-0.05, 0) is 110 Å². The molecule has 0 unspecified atom stereocenters. The summed E-state index contributed by atoms with van der Waals surface area (Å²) in [6.45, 7) is 15.3. The molecule has 1 saturated heterocycles. The molecule has 0 aromatic heterocycles. The topological polar surface area (TPSA) is 171 Å². The van der Waals surface area contributed by atoms with Gasteiger partial charge in [-0.1, -0.05) is 47.1 Å². The Bertz CT molecular complexity index is 1340. The first-order valence-corrected chi connectivity index (χ1v) is 17.2. The quantitative estimate of drug-likeness (QED) is 0.285. The molecule has 5 N–H and O–H groups in total. The Labute approximate surface area is 271 Å².